The van der Waals surface area contributed by atoms with Crippen LogP contribution in [0.25, 0.3) is 0 Å². The standard InChI is InChI=1S/C17H15NO2S/c18-10-12-4-3-5-13(8-12)11-20-17(19)16-9-14-6-1-2-7-15(14)21-16/h3-5,8-9H,1-2,6-7,11H2. The van der Waals surface area contributed by atoms with E-state index in [1.54, 1.807) is 29.5 Å². The number of nitrogens with zero attached hydrogens (tertiary/aromatic N) is 1. The topological polar surface area (TPSA) is 50.1 Å². The van der Waals surface area contributed by atoms with Crippen LogP contribution in [0.5, 0.6) is 0 Å². The Labute approximate surface area is 127 Å². The molecule has 0 fully saturated rings. The van der Waals surface area contributed by atoms with Crippen LogP contribution in [-0.2, 0) is 24.2 Å². The Balaban J connectivity index is 1.66. The van der Waals surface area contributed by atoms with Crippen molar-refractivity contribution < 1.29 is 9.53 Å². The van der Waals surface area contributed by atoms with Crippen molar-refractivity contribution in [2.45, 2.75) is 32.3 Å². The van der Waals surface area contributed by atoms with Crippen molar-refractivity contribution >= 4 is 17.3 Å². The van der Waals surface area contributed by atoms with E-state index in [-0.39, 0.29) is 12.6 Å². The molecule has 1 heterocycles. The maximum absolute atomic E-state index is 12.1. The molecule has 2 aromatic rings. The summed E-state index contributed by atoms with van der Waals surface area (Å²) in [6.07, 6.45) is 4.57. The molecular weight excluding hydrogens is 282 g/mol. The molecule has 0 amide bonds. The molecule has 0 atom stereocenters. The van der Waals surface area contributed by atoms with E-state index in [2.05, 4.69) is 6.07 Å². The third-order valence-corrected chi connectivity index (χ3v) is 4.84. The Morgan fingerprint density at radius 3 is 2.95 bits per heavy atom. The van der Waals surface area contributed by atoms with Crippen LogP contribution >= 0.6 is 11.3 Å². The van der Waals surface area contributed by atoms with Gasteiger partial charge < -0.3 is 4.74 Å². The van der Waals surface area contributed by atoms with Crippen molar-refractivity contribution in [3.8, 4) is 6.07 Å². The maximum atomic E-state index is 12.1. The molecule has 106 valence electrons. The molecule has 0 saturated heterocycles. The van der Waals surface area contributed by atoms with Crippen LogP contribution in [0.15, 0.2) is 30.3 Å². The molecule has 3 nitrogen and oxygen atoms in total. The molecule has 0 bridgehead atoms. The van der Waals surface area contributed by atoms with E-state index in [9.17, 15) is 4.79 Å². The molecule has 1 aliphatic rings. The third-order valence-electron chi connectivity index (χ3n) is 3.62. The van der Waals surface area contributed by atoms with Crippen LogP contribution in [0.3, 0.4) is 0 Å². The minimum atomic E-state index is -0.267. The van der Waals surface area contributed by atoms with Crippen molar-refractivity contribution in [3.05, 3.63) is 56.8 Å². The van der Waals surface area contributed by atoms with Gasteiger partial charge in [0.1, 0.15) is 11.5 Å². The molecule has 0 saturated carbocycles. The first-order valence-corrected chi connectivity index (χ1v) is 7.85. The van der Waals surface area contributed by atoms with Gasteiger partial charge in [-0.3, -0.25) is 0 Å². The summed E-state index contributed by atoms with van der Waals surface area (Å²) in [6.45, 7) is 0.205. The minimum Gasteiger partial charge on any atom is -0.457 e. The number of esters is 1. The fraction of sp³-hybridized carbons (Fsp3) is 0.294. The number of carbonyl (C=O) groups excluding carboxylic acids is 1. The van der Waals surface area contributed by atoms with Crippen molar-refractivity contribution in [1.29, 1.82) is 5.26 Å². The summed E-state index contributed by atoms with van der Waals surface area (Å²) in [5.41, 5.74) is 2.73. The monoisotopic (exact) mass is 297 g/mol. The lowest BCUT2D eigenvalue weighted by Crippen LogP contribution is -2.03. The van der Waals surface area contributed by atoms with Crippen LogP contribution in [0.2, 0.25) is 0 Å². The van der Waals surface area contributed by atoms with E-state index < -0.39 is 0 Å². The summed E-state index contributed by atoms with van der Waals surface area (Å²) in [6, 6.07) is 11.2. The molecule has 0 radical (unpaired) electrons. The van der Waals surface area contributed by atoms with E-state index in [1.165, 1.54) is 23.3 Å². The number of thiophene rings is 1. The van der Waals surface area contributed by atoms with Gasteiger partial charge in [-0.15, -0.1) is 11.3 Å². The molecule has 0 aliphatic heterocycles. The summed E-state index contributed by atoms with van der Waals surface area (Å²) in [5, 5.41) is 8.85. The number of hydrogen-bond donors (Lipinski definition) is 0. The molecule has 1 aliphatic carbocycles. The third kappa shape index (κ3) is 3.14. The van der Waals surface area contributed by atoms with Gasteiger partial charge in [-0.05, 0) is 55.0 Å². The fourth-order valence-corrected chi connectivity index (χ4v) is 3.69. The largest absolute Gasteiger partial charge is 0.457 e. The summed E-state index contributed by atoms with van der Waals surface area (Å²) in [5.74, 6) is -0.267. The summed E-state index contributed by atoms with van der Waals surface area (Å²) >= 11 is 1.56. The fourth-order valence-electron chi connectivity index (χ4n) is 2.54. The number of rotatable bonds is 3. The summed E-state index contributed by atoms with van der Waals surface area (Å²) < 4.78 is 5.35. The molecule has 1 aromatic heterocycles. The lowest BCUT2D eigenvalue weighted by molar-refractivity contribution is 0.0478. The van der Waals surface area contributed by atoms with Gasteiger partial charge in [0.2, 0.25) is 0 Å². The predicted octanol–water partition coefficient (Wildman–Crippen LogP) is 3.86. The van der Waals surface area contributed by atoms with Gasteiger partial charge in [-0.2, -0.15) is 5.26 Å². The molecular formula is C17H15NO2S. The van der Waals surface area contributed by atoms with Gasteiger partial charge in [0, 0.05) is 4.88 Å². The number of aryl methyl sites for hydroxylation is 2. The van der Waals surface area contributed by atoms with Crippen LogP contribution in [0.1, 0.15) is 44.1 Å². The Hall–Kier alpha value is -2.12. The van der Waals surface area contributed by atoms with E-state index in [1.807, 2.05) is 12.1 Å². The van der Waals surface area contributed by atoms with Crippen LogP contribution in [-0.4, -0.2) is 5.97 Å². The molecule has 0 unspecified atom stereocenters. The van der Waals surface area contributed by atoms with Crippen LogP contribution in [0, 0.1) is 11.3 Å². The number of ether oxygens (including phenoxy) is 1. The molecule has 0 spiro atoms. The van der Waals surface area contributed by atoms with Crippen molar-refractivity contribution in [2.24, 2.45) is 0 Å². The quantitative estimate of drug-likeness (QED) is 0.808. The first kappa shape index (κ1) is 13.8. The highest BCUT2D eigenvalue weighted by atomic mass is 32.1. The average molecular weight is 297 g/mol. The highest BCUT2D eigenvalue weighted by Crippen LogP contribution is 2.30. The van der Waals surface area contributed by atoms with Crippen LogP contribution in [0.4, 0.5) is 0 Å². The molecule has 3 rings (SSSR count). The van der Waals surface area contributed by atoms with Crippen molar-refractivity contribution in [1.82, 2.24) is 0 Å². The Morgan fingerprint density at radius 2 is 2.14 bits per heavy atom. The number of fused-ring (bicyclic) bond motifs is 1. The number of benzene rings is 1. The highest BCUT2D eigenvalue weighted by Gasteiger charge is 2.18. The van der Waals surface area contributed by atoms with Gasteiger partial charge in [0.15, 0.2) is 0 Å². The summed E-state index contributed by atoms with van der Waals surface area (Å²) in [7, 11) is 0. The smallest absolute Gasteiger partial charge is 0.348 e. The minimum absolute atomic E-state index is 0.205. The normalized spacial score (nSPS) is 13.3. The zero-order chi connectivity index (χ0) is 14.7. The maximum Gasteiger partial charge on any atom is 0.348 e. The lowest BCUT2D eigenvalue weighted by Gasteiger charge is -2.08. The molecule has 21 heavy (non-hydrogen) atoms. The van der Waals surface area contributed by atoms with Gasteiger partial charge in [0.05, 0.1) is 11.6 Å². The Bertz CT molecular complexity index is 688. The van der Waals surface area contributed by atoms with Crippen molar-refractivity contribution in [2.75, 3.05) is 0 Å². The van der Waals surface area contributed by atoms with Gasteiger partial charge in [-0.1, -0.05) is 12.1 Å². The molecule has 1 aromatic carbocycles. The SMILES string of the molecule is N#Cc1cccc(COC(=O)c2cc3c(s2)CCCC3)c1. The highest BCUT2D eigenvalue weighted by molar-refractivity contribution is 7.14. The molecule has 0 N–H and O–H groups in total. The van der Waals surface area contributed by atoms with E-state index in [0.717, 1.165) is 18.4 Å². The number of nitriles is 1. The second-order valence-electron chi connectivity index (χ2n) is 5.15. The molecule has 4 heteroatoms. The second kappa shape index (κ2) is 6.11. The average Bonchev–Trinajstić information content (AvgIpc) is 2.97. The predicted molar refractivity (Wildman–Crippen MR) is 81.2 cm³/mol. The van der Waals surface area contributed by atoms with E-state index >= 15 is 0 Å². The van der Waals surface area contributed by atoms with Crippen LogP contribution < -0.4 is 0 Å². The second-order valence-corrected chi connectivity index (χ2v) is 6.29. The zero-order valence-electron chi connectivity index (χ0n) is 11.6. The zero-order valence-corrected chi connectivity index (χ0v) is 12.4. The first-order chi connectivity index (χ1) is 10.3. The van der Waals surface area contributed by atoms with Gasteiger partial charge in [-0.25, -0.2) is 4.79 Å². The Morgan fingerprint density at radius 1 is 1.29 bits per heavy atom. The number of hydrogen-bond acceptors (Lipinski definition) is 4. The van der Waals surface area contributed by atoms with Gasteiger partial charge >= 0.3 is 5.97 Å². The lowest BCUT2D eigenvalue weighted by atomic mass is 9.99. The first-order valence-electron chi connectivity index (χ1n) is 7.04. The van der Waals surface area contributed by atoms with Crippen molar-refractivity contribution in [3.63, 3.8) is 0 Å². The number of carbonyl (C=O) groups is 1. The summed E-state index contributed by atoms with van der Waals surface area (Å²) in [4.78, 5) is 14.1. The van der Waals surface area contributed by atoms with Gasteiger partial charge in [0.25, 0.3) is 0 Å². The van der Waals surface area contributed by atoms with E-state index in [4.69, 9.17) is 10.00 Å². The Kier molecular flexibility index (Phi) is 4.03. The van der Waals surface area contributed by atoms with E-state index in [0.29, 0.717) is 10.4 Å².